The van der Waals surface area contributed by atoms with E-state index in [9.17, 15) is 0 Å². The molecule has 0 aliphatic carbocycles. The van der Waals surface area contributed by atoms with Gasteiger partial charge in [-0.05, 0) is 18.2 Å². The van der Waals surface area contributed by atoms with Crippen molar-refractivity contribution < 1.29 is 0 Å². The van der Waals surface area contributed by atoms with Crippen molar-refractivity contribution in [2.75, 3.05) is 17.6 Å². The van der Waals surface area contributed by atoms with Gasteiger partial charge in [-0.1, -0.05) is 6.07 Å². The smallest absolute Gasteiger partial charge is 0.224 e. The van der Waals surface area contributed by atoms with Crippen LogP contribution in [0.15, 0.2) is 36.7 Å². The molecule has 2 aromatic heterocycles. The average Bonchev–Trinajstić information content (AvgIpc) is 2.30. The van der Waals surface area contributed by atoms with Gasteiger partial charge in [0.1, 0.15) is 5.82 Å². The molecule has 0 fully saturated rings. The number of nitrogen functional groups attached to an aromatic ring is 1. The van der Waals surface area contributed by atoms with Crippen molar-refractivity contribution in [3.05, 3.63) is 42.4 Å². The Bertz CT molecular complexity index is 443. The molecular formula is C11H13N5. The minimum atomic E-state index is 0.468. The zero-order chi connectivity index (χ0) is 11.2. The van der Waals surface area contributed by atoms with Crippen molar-refractivity contribution in [3.63, 3.8) is 0 Å². The van der Waals surface area contributed by atoms with Gasteiger partial charge in [0.05, 0.1) is 0 Å². The van der Waals surface area contributed by atoms with Crippen LogP contribution >= 0.6 is 0 Å². The molecule has 0 unspecified atom stereocenters. The third-order valence-corrected chi connectivity index (χ3v) is 2.07. The number of hydrogen-bond donors (Lipinski definition) is 2. The lowest BCUT2D eigenvalue weighted by molar-refractivity contribution is 0.942. The fraction of sp³-hybridized carbons (Fsp3) is 0.182. The second kappa shape index (κ2) is 5.06. The summed E-state index contributed by atoms with van der Waals surface area (Å²) in [7, 11) is 0. The summed E-state index contributed by atoms with van der Waals surface area (Å²) < 4.78 is 0. The summed E-state index contributed by atoms with van der Waals surface area (Å²) >= 11 is 0. The van der Waals surface area contributed by atoms with Crippen LogP contribution < -0.4 is 11.1 Å². The van der Waals surface area contributed by atoms with Crippen molar-refractivity contribution >= 4 is 11.8 Å². The van der Waals surface area contributed by atoms with Crippen LogP contribution in [-0.4, -0.2) is 21.5 Å². The van der Waals surface area contributed by atoms with Gasteiger partial charge in [0.2, 0.25) is 5.95 Å². The van der Waals surface area contributed by atoms with Crippen LogP contribution in [0, 0.1) is 0 Å². The highest BCUT2D eigenvalue weighted by Gasteiger charge is 1.96. The van der Waals surface area contributed by atoms with Gasteiger partial charge >= 0.3 is 0 Å². The first-order valence-electron chi connectivity index (χ1n) is 5.07. The maximum Gasteiger partial charge on any atom is 0.224 e. The second-order valence-electron chi connectivity index (χ2n) is 3.30. The summed E-state index contributed by atoms with van der Waals surface area (Å²) in [6.45, 7) is 0.737. The van der Waals surface area contributed by atoms with Gasteiger partial charge in [-0.15, -0.1) is 0 Å². The van der Waals surface area contributed by atoms with Crippen LogP contribution in [0.2, 0.25) is 0 Å². The van der Waals surface area contributed by atoms with Gasteiger partial charge in [-0.3, -0.25) is 4.98 Å². The van der Waals surface area contributed by atoms with E-state index in [-0.39, 0.29) is 0 Å². The summed E-state index contributed by atoms with van der Waals surface area (Å²) in [4.78, 5) is 12.3. The van der Waals surface area contributed by atoms with Gasteiger partial charge in [-0.2, -0.15) is 4.98 Å². The third kappa shape index (κ3) is 2.91. The maximum absolute atomic E-state index is 5.54. The molecule has 0 radical (unpaired) electrons. The number of rotatable bonds is 4. The van der Waals surface area contributed by atoms with E-state index in [1.54, 1.807) is 18.5 Å². The quantitative estimate of drug-likeness (QED) is 0.798. The van der Waals surface area contributed by atoms with E-state index in [0.29, 0.717) is 11.8 Å². The number of pyridine rings is 1. The first-order valence-corrected chi connectivity index (χ1v) is 5.07. The van der Waals surface area contributed by atoms with Crippen molar-refractivity contribution in [2.24, 2.45) is 0 Å². The number of aromatic nitrogens is 3. The van der Waals surface area contributed by atoms with Crippen LogP contribution in [0.4, 0.5) is 11.8 Å². The lowest BCUT2D eigenvalue weighted by atomic mass is 10.3. The zero-order valence-corrected chi connectivity index (χ0v) is 8.80. The standard InChI is InChI=1S/C11H13N5/c12-10-5-8-15-11(16-10)14-7-4-9-3-1-2-6-13-9/h1-3,5-6,8H,4,7H2,(H3,12,14,15,16). The van der Waals surface area contributed by atoms with Gasteiger partial charge < -0.3 is 11.1 Å². The Labute approximate surface area is 93.8 Å². The Morgan fingerprint density at radius 3 is 2.81 bits per heavy atom. The number of anilines is 2. The largest absolute Gasteiger partial charge is 0.384 e. The van der Waals surface area contributed by atoms with E-state index < -0.39 is 0 Å². The molecule has 5 nitrogen and oxygen atoms in total. The molecule has 0 aliphatic heterocycles. The van der Waals surface area contributed by atoms with E-state index in [1.165, 1.54) is 0 Å². The molecule has 0 bridgehead atoms. The van der Waals surface area contributed by atoms with Crippen molar-refractivity contribution in [3.8, 4) is 0 Å². The van der Waals surface area contributed by atoms with E-state index >= 15 is 0 Å². The van der Waals surface area contributed by atoms with Gasteiger partial charge in [0.15, 0.2) is 0 Å². The highest BCUT2D eigenvalue weighted by atomic mass is 15.1. The Hall–Kier alpha value is -2.17. The van der Waals surface area contributed by atoms with Gasteiger partial charge in [-0.25, -0.2) is 4.98 Å². The SMILES string of the molecule is Nc1ccnc(NCCc2ccccn2)n1. The lowest BCUT2D eigenvalue weighted by Crippen LogP contribution is -2.09. The van der Waals surface area contributed by atoms with Crippen LogP contribution in [0.3, 0.4) is 0 Å². The highest BCUT2D eigenvalue weighted by molar-refractivity contribution is 5.34. The number of nitrogens with two attached hydrogens (primary N) is 1. The fourth-order valence-corrected chi connectivity index (χ4v) is 1.31. The zero-order valence-electron chi connectivity index (χ0n) is 8.80. The van der Waals surface area contributed by atoms with Crippen molar-refractivity contribution in [1.29, 1.82) is 0 Å². The van der Waals surface area contributed by atoms with Crippen LogP contribution in [0.5, 0.6) is 0 Å². The molecule has 2 heterocycles. The first kappa shape index (κ1) is 10.4. The summed E-state index contributed by atoms with van der Waals surface area (Å²) in [6.07, 6.45) is 4.25. The molecule has 0 aliphatic rings. The molecule has 16 heavy (non-hydrogen) atoms. The van der Waals surface area contributed by atoms with E-state index in [4.69, 9.17) is 5.73 Å². The third-order valence-electron chi connectivity index (χ3n) is 2.07. The monoisotopic (exact) mass is 215 g/mol. The van der Waals surface area contributed by atoms with Crippen LogP contribution in [0.25, 0.3) is 0 Å². The predicted octanol–water partition coefficient (Wildman–Crippen LogP) is 1.11. The Morgan fingerprint density at radius 2 is 2.06 bits per heavy atom. The van der Waals surface area contributed by atoms with E-state index in [0.717, 1.165) is 18.7 Å². The minimum Gasteiger partial charge on any atom is -0.384 e. The number of hydrogen-bond acceptors (Lipinski definition) is 5. The van der Waals surface area contributed by atoms with E-state index in [2.05, 4.69) is 20.3 Å². The molecule has 0 amide bonds. The molecule has 0 spiro atoms. The number of nitrogens with zero attached hydrogens (tertiary/aromatic N) is 3. The summed E-state index contributed by atoms with van der Waals surface area (Å²) in [5.74, 6) is 1.02. The van der Waals surface area contributed by atoms with Crippen molar-refractivity contribution in [1.82, 2.24) is 15.0 Å². The normalized spacial score (nSPS) is 10.0. The molecule has 5 heteroatoms. The molecule has 0 saturated carbocycles. The minimum absolute atomic E-state index is 0.468. The van der Waals surface area contributed by atoms with Gasteiger partial charge in [0.25, 0.3) is 0 Å². The summed E-state index contributed by atoms with van der Waals surface area (Å²) in [5.41, 5.74) is 6.58. The first-order chi connectivity index (χ1) is 7.84. The van der Waals surface area contributed by atoms with Crippen molar-refractivity contribution in [2.45, 2.75) is 6.42 Å². The molecular weight excluding hydrogens is 202 g/mol. The van der Waals surface area contributed by atoms with Crippen LogP contribution in [0.1, 0.15) is 5.69 Å². The molecule has 3 N–H and O–H groups in total. The Balaban J connectivity index is 1.85. The maximum atomic E-state index is 5.54. The van der Waals surface area contributed by atoms with Crippen LogP contribution in [-0.2, 0) is 6.42 Å². The molecule has 0 atom stereocenters. The summed E-state index contributed by atoms with van der Waals surface area (Å²) in [6, 6.07) is 7.52. The van der Waals surface area contributed by atoms with E-state index in [1.807, 2.05) is 18.2 Å². The molecule has 0 saturated heterocycles. The highest BCUT2D eigenvalue weighted by Crippen LogP contribution is 2.01. The molecule has 82 valence electrons. The molecule has 0 aromatic carbocycles. The van der Waals surface area contributed by atoms with Gasteiger partial charge in [0, 0.05) is 31.1 Å². The molecule has 2 aromatic rings. The predicted molar refractivity (Wildman–Crippen MR) is 62.9 cm³/mol. The topological polar surface area (TPSA) is 76.7 Å². The summed E-state index contributed by atoms with van der Waals surface area (Å²) in [5, 5.41) is 3.09. The Morgan fingerprint density at radius 1 is 1.12 bits per heavy atom. The Kier molecular flexibility index (Phi) is 3.28. The lowest BCUT2D eigenvalue weighted by Gasteiger charge is -2.04. The second-order valence-corrected chi connectivity index (χ2v) is 3.30. The molecule has 2 rings (SSSR count). The number of nitrogens with one attached hydrogen (secondary N) is 1. The average molecular weight is 215 g/mol. The fourth-order valence-electron chi connectivity index (χ4n) is 1.31.